The summed E-state index contributed by atoms with van der Waals surface area (Å²) in [5.74, 6) is -0.815. The number of hydrogen-bond acceptors (Lipinski definition) is 6. The molecule has 2 rings (SSSR count). The summed E-state index contributed by atoms with van der Waals surface area (Å²) in [6, 6.07) is 0.576. The van der Waals surface area contributed by atoms with Gasteiger partial charge in [-0.05, 0) is 38.8 Å². The largest absolute Gasteiger partial charge is 0.465 e. The minimum absolute atomic E-state index is 0.0269. The van der Waals surface area contributed by atoms with Crippen molar-refractivity contribution in [1.29, 1.82) is 0 Å². The predicted molar refractivity (Wildman–Crippen MR) is 85.1 cm³/mol. The van der Waals surface area contributed by atoms with Crippen molar-refractivity contribution in [3.63, 3.8) is 0 Å². The number of sulfonamides is 1. The Morgan fingerprint density at radius 3 is 2.58 bits per heavy atom. The number of carbonyl (C=O) groups is 1. The van der Waals surface area contributed by atoms with Gasteiger partial charge >= 0.3 is 12.1 Å². The van der Waals surface area contributed by atoms with E-state index in [1.54, 1.807) is 6.92 Å². The molecule has 148 valence electrons. The highest BCUT2D eigenvalue weighted by Crippen LogP contribution is 2.25. The van der Waals surface area contributed by atoms with Gasteiger partial charge in [-0.3, -0.25) is 4.90 Å². The number of methoxy groups -OCH3 is 1. The minimum atomic E-state index is -4.24. The number of esters is 1. The molecule has 2 heterocycles. The number of halogens is 3. The smallest absolute Gasteiger partial charge is 0.401 e. The van der Waals surface area contributed by atoms with Crippen LogP contribution in [-0.4, -0.2) is 58.2 Å². The number of carbonyl (C=O) groups excluding carboxylic acids is 1. The van der Waals surface area contributed by atoms with E-state index < -0.39 is 39.8 Å². The molecule has 1 aliphatic rings. The quantitative estimate of drug-likeness (QED) is 0.738. The van der Waals surface area contributed by atoms with Crippen LogP contribution < -0.4 is 4.72 Å². The summed E-state index contributed by atoms with van der Waals surface area (Å²) in [5.41, 5.74) is -0.0269. The molecule has 1 aliphatic heterocycles. The number of hydrogen-bond donors (Lipinski definition) is 1. The van der Waals surface area contributed by atoms with E-state index in [2.05, 4.69) is 9.46 Å². The van der Waals surface area contributed by atoms with Crippen molar-refractivity contribution in [2.75, 3.05) is 26.7 Å². The Labute approximate surface area is 149 Å². The Morgan fingerprint density at radius 1 is 1.42 bits per heavy atom. The fourth-order valence-corrected chi connectivity index (χ4v) is 4.20. The monoisotopic (exact) mass is 398 g/mol. The van der Waals surface area contributed by atoms with Gasteiger partial charge in [0.15, 0.2) is 0 Å². The molecule has 1 N–H and O–H groups in total. The van der Waals surface area contributed by atoms with E-state index in [0.717, 1.165) is 19.4 Å². The summed E-state index contributed by atoms with van der Waals surface area (Å²) < 4.78 is 73.8. The molecule has 0 aliphatic carbocycles. The summed E-state index contributed by atoms with van der Waals surface area (Å²) in [6.45, 7) is 1.21. The molecule has 1 fully saturated rings. The van der Waals surface area contributed by atoms with Crippen LogP contribution in [0.1, 0.15) is 30.1 Å². The standard InChI is InChI=1S/C15H21F3N2O5S/c1-10(11-3-5-20(6-4-11)9-15(16,17)18)19-26(22,23)13-7-12(8-25-13)14(21)24-2/h7-8,10-11,19H,3-6,9H2,1-2H3. The number of likely N-dealkylation sites (tertiary alicyclic amines) is 1. The average molecular weight is 398 g/mol. The number of ether oxygens (including phenoxy) is 1. The van der Waals surface area contributed by atoms with Gasteiger partial charge in [0.2, 0.25) is 5.09 Å². The zero-order valence-electron chi connectivity index (χ0n) is 14.4. The third kappa shape index (κ3) is 5.45. The SMILES string of the molecule is COC(=O)c1coc(S(=O)(=O)NC(C)C2CCN(CC(F)(F)F)CC2)c1. The zero-order chi connectivity index (χ0) is 19.5. The lowest BCUT2D eigenvalue weighted by Gasteiger charge is -2.35. The number of nitrogens with zero attached hydrogens (tertiary/aromatic N) is 1. The molecule has 1 aromatic rings. The molecule has 0 amide bonds. The lowest BCUT2D eigenvalue weighted by Crippen LogP contribution is -2.45. The van der Waals surface area contributed by atoms with Gasteiger partial charge in [-0.1, -0.05) is 0 Å². The van der Waals surface area contributed by atoms with E-state index in [4.69, 9.17) is 4.42 Å². The molecule has 0 spiro atoms. The van der Waals surface area contributed by atoms with Gasteiger partial charge in [-0.15, -0.1) is 0 Å². The van der Waals surface area contributed by atoms with Crippen molar-refractivity contribution in [3.8, 4) is 0 Å². The van der Waals surface area contributed by atoms with Crippen LogP contribution in [-0.2, 0) is 14.8 Å². The Morgan fingerprint density at radius 2 is 2.04 bits per heavy atom. The maximum absolute atomic E-state index is 12.4. The van der Waals surface area contributed by atoms with Gasteiger partial charge in [0.25, 0.3) is 10.0 Å². The van der Waals surface area contributed by atoms with E-state index in [1.165, 1.54) is 4.90 Å². The van der Waals surface area contributed by atoms with Gasteiger partial charge in [-0.2, -0.15) is 13.2 Å². The van der Waals surface area contributed by atoms with Crippen molar-refractivity contribution in [3.05, 3.63) is 17.9 Å². The third-order valence-electron chi connectivity index (χ3n) is 4.34. The van der Waals surface area contributed by atoms with Crippen LogP contribution in [0.15, 0.2) is 21.8 Å². The molecule has 0 radical (unpaired) electrons. The number of piperidine rings is 1. The Kier molecular flexibility index (Phi) is 6.35. The highest BCUT2D eigenvalue weighted by Gasteiger charge is 2.34. The molecular weight excluding hydrogens is 377 g/mol. The maximum atomic E-state index is 12.4. The number of furan rings is 1. The fraction of sp³-hybridized carbons (Fsp3) is 0.667. The molecule has 11 heteroatoms. The van der Waals surface area contributed by atoms with Gasteiger partial charge in [0.05, 0.1) is 19.2 Å². The van der Waals surface area contributed by atoms with Crippen molar-refractivity contribution in [1.82, 2.24) is 9.62 Å². The van der Waals surface area contributed by atoms with E-state index in [-0.39, 0.29) is 24.6 Å². The fourth-order valence-electron chi connectivity index (χ4n) is 2.95. The normalized spacial score (nSPS) is 18.7. The molecule has 0 aromatic carbocycles. The third-order valence-corrected chi connectivity index (χ3v) is 5.77. The van der Waals surface area contributed by atoms with Crippen LogP contribution in [0.4, 0.5) is 13.2 Å². The van der Waals surface area contributed by atoms with E-state index in [1.807, 2.05) is 0 Å². The topological polar surface area (TPSA) is 88.8 Å². The van der Waals surface area contributed by atoms with Crippen LogP contribution in [0.25, 0.3) is 0 Å². The van der Waals surface area contributed by atoms with Crippen molar-refractivity contribution < 1.29 is 35.5 Å². The first-order valence-electron chi connectivity index (χ1n) is 8.00. The number of nitrogens with one attached hydrogen (secondary N) is 1. The summed E-state index contributed by atoms with van der Waals surface area (Å²) in [7, 11) is -2.83. The lowest BCUT2D eigenvalue weighted by molar-refractivity contribution is -0.148. The Bertz CT molecular complexity index is 724. The van der Waals surface area contributed by atoms with E-state index >= 15 is 0 Å². The first-order chi connectivity index (χ1) is 12.0. The highest BCUT2D eigenvalue weighted by atomic mass is 32.2. The zero-order valence-corrected chi connectivity index (χ0v) is 15.2. The first kappa shape index (κ1) is 20.7. The lowest BCUT2D eigenvalue weighted by atomic mass is 9.91. The molecule has 1 atom stereocenters. The second kappa shape index (κ2) is 7.97. The van der Waals surface area contributed by atoms with Gasteiger partial charge in [0, 0.05) is 12.1 Å². The summed E-state index contributed by atoms with van der Waals surface area (Å²) in [5, 5.41) is -0.417. The average Bonchev–Trinajstić information content (AvgIpc) is 3.03. The van der Waals surface area contributed by atoms with Crippen molar-refractivity contribution in [2.45, 2.75) is 37.1 Å². The van der Waals surface area contributed by atoms with Crippen LogP contribution in [0.3, 0.4) is 0 Å². The van der Waals surface area contributed by atoms with Crippen molar-refractivity contribution >= 4 is 16.0 Å². The van der Waals surface area contributed by atoms with Gasteiger partial charge in [0.1, 0.15) is 6.26 Å². The van der Waals surface area contributed by atoms with Crippen molar-refractivity contribution in [2.24, 2.45) is 5.92 Å². The molecule has 0 bridgehead atoms. The maximum Gasteiger partial charge on any atom is 0.401 e. The van der Waals surface area contributed by atoms with E-state index in [0.29, 0.717) is 12.8 Å². The minimum Gasteiger partial charge on any atom is -0.465 e. The summed E-state index contributed by atoms with van der Waals surface area (Å²) in [4.78, 5) is 12.7. The molecular formula is C15H21F3N2O5S. The second-order valence-corrected chi connectivity index (χ2v) is 7.93. The van der Waals surface area contributed by atoms with Gasteiger partial charge in [-0.25, -0.2) is 17.9 Å². The first-order valence-corrected chi connectivity index (χ1v) is 9.48. The molecule has 26 heavy (non-hydrogen) atoms. The van der Waals surface area contributed by atoms with Crippen LogP contribution >= 0.6 is 0 Å². The molecule has 1 unspecified atom stereocenters. The molecule has 1 aromatic heterocycles. The molecule has 7 nitrogen and oxygen atoms in total. The number of rotatable bonds is 6. The van der Waals surface area contributed by atoms with Crippen LogP contribution in [0.2, 0.25) is 0 Å². The second-order valence-electron chi connectivity index (χ2n) is 6.28. The predicted octanol–water partition coefficient (Wildman–Crippen LogP) is 2.01. The number of alkyl halides is 3. The van der Waals surface area contributed by atoms with Gasteiger partial charge < -0.3 is 9.15 Å². The molecule has 1 saturated heterocycles. The molecule has 0 saturated carbocycles. The van der Waals surface area contributed by atoms with Crippen LogP contribution in [0, 0.1) is 5.92 Å². The Balaban J connectivity index is 1.93. The summed E-state index contributed by atoms with van der Waals surface area (Å²) in [6.07, 6.45) is -2.35. The highest BCUT2D eigenvalue weighted by molar-refractivity contribution is 7.89. The van der Waals surface area contributed by atoms with E-state index in [9.17, 15) is 26.4 Å². The summed E-state index contributed by atoms with van der Waals surface area (Å²) >= 11 is 0. The Hall–Kier alpha value is -1.59. The van der Waals surface area contributed by atoms with Crippen LogP contribution in [0.5, 0.6) is 0 Å².